The summed E-state index contributed by atoms with van der Waals surface area (Å²) in [5, 5.41) is 0.652. The number of hydrogen-bond donors (Lipinski definition) is 2. The summed E-state index contributed by atoms with van der Waals surface area (Å²) in [6, 6.07) is 11.6. The van der Waals surface area contributed by atoms with E-state index in [4.69, 9.17) is 26.8 Å². The molecule has 0 aliphatic carbocycles. The van der Waals surface area contributed by atoms with Crippen molar-refractivity contribution in [2.75, 3.05) is 20.8 Å². The number of rotatable bonds is 7. The lowest BCUT2D eigenvalue weighted by Crippen LogP contribution is -2.37. The molecule has 9 heteroatoms. The fourth-order valence-electron chi connectivity index (χ4n) is 2.17. The van der Waals surface area contributed by atoms with Crippen molar-refractivity contribution in [2.45, 2.75) is 11.3 Å². The normalized spacial score (nSPS) is 11.9. The highest BCUT2D eigenvalue weighted by atomic mass is 35.5. The van der Waals surface area contributed by atoms with Crippen LogP contribution in [0.2, 0.25) is 5.02 Å². The van der Waals surface area contributed by atoms with E-state index in [0.29, 0.717) is 29.5 Å². The Morgan fingerprint density at radius 3 is 2.38 bits per heavy atom. The molecule has 2 aromatic carbocycles. The van der Waals surface area contributed by atoms with Crippen molar-refractivity contribution in [3.8, 4) is 11.5 Å². The van der Waals surface area contributed by atoms with E-state index in [9.17, 15) is 8.42 Å². The maximum absolute atomic E-state index is 12.4. The van der Waals surface area contributed by atoms with Gasteiger partial charge in [0.05, 0.1) is 19.1 Å². The van der Waals surface area contributed by atoms with E-state index in [1.165, 1.54) is 32.4 Å². The third-order valence-electron chi connectivity index (χ3n) is 3.50. The van der Waals surface area contributed by atoms with E-state index in [1.54, 1.807) is 12.1 Å². The van der Waals surface area contributed by atoms with Gasteiger partial charge in [-0.3, -0.25) is 4.99 Å². The van der Waals surface area contributed by atoms with Gasteiger partial charge in [-0.25, -0.2) is 13.1 Å². The number of hydrogen-bond acceptors (Lipinski definition) is 5. The minimum atomic E-state index is -3.88. The van der Waals surface area contributed by atoms with Crippen molar-refractivity contribution >= 4 is 27.6 Å². The van der Waals surface area contributed by atoms with Crippen LogP contribution in [0.3, 0.4) is 0 Å². The average molecular weight is 398 g/mol. The van der Waals surface area contributed by atoms with Crippen molar-refractivity contribution < 1.29 is 17.9 Å². The van der Waals surface area contributed by atoms with Gasteiger partial charge < -0.3 is 15.2 Å². The summed E-state index contributed by atoms with van der Waals surface area (Å²) in [5.74, 6) is 0.540. The molecule has 3 N–H and O–H groups in total. The zero-order chi connectivity index (χ0) is 19.2. The summed E-state index contributed by atoms with van der Waals surface area (Å²) in [7, 11) is -0.984. The maximum Gasteiger partial charge on any atom is 0.264 e. The molecule has 0 aromatic heterocycles. The molecule has 0 aliphatic heterocycles. The molecule has 0 heterocycles. The van der Waals surface area contributed by atoms with Gasteiger partial charge in [0, 0.05) is 17.6 Å². The van der Waals surface area contributed by atoms with Crippen LogP contribution in [-0.4, -0.2) is 35.1 Å². The Kier molecular flexibility index (Phi) is 6.70. The topological polar surface area (TPSA) is 103 Å². The van der Waals surface area contributed by atoms with Gasteiger partial charge in [0.2, 0.25) is 5.96 Å². The smallest absolute Gasteiger partial charge is 0.264 e. The Morgan fingerprint density at radius 1 is 1.12 bits per heavy atom. The fourth-order valence-corrected chi connectivity index (χ4v) is 3.26. The summed E-state index contributed by atoms with van der Waals surface area (Å²) < 4.78 is 37.2. The van der Waals surface area contributed by atoms with Crippen LogP contribution in [0.4, 0.5) is 0 Å². The summed E-state index contributed by atoms with van der Waals surface area (Å²) in [6.45, 7) is 0.335. The van der Waals surface area contributed by atoms with Gasteiger partial charge >= 0.3 is 0 Å². The third kappa shape index (κ3) is 5.27. The SMILES string of the molecule is COc1ccc(S(=O)(=O)NC(N)=NCCc2ccc(Cl)cc2)cc1OC. The molecule has 0 unspecified atom stereocenters. The van der Waals surface area contributed by atoms with Crippen molar-refractivity contribution in [1.29, 1.82) is 0 Å². The van der Waals surface area contributed by atoms with Gasteiger partial charge in [-0.1, -0.05) is 23.7 Å². The van der Waals surface area contributed by atoms with E-state index < -0.39 is 10.0 Å². The first-order valence-corrected chi connectivity index (χ1v) is 9.51. The van der Waals surface area contributed by atoms with Crippen LogP contribution >= 0.6 is 11.6 Å². The Morgan fingerprint density at radius 2 is 1.77 bits per heavy atom. The van der Waals surface area contributed by atoms with Gasteiger partial charge in [-0.15, -0.1) is 0 Å². The van der Waals surface area contributed by atoms with Crippen molar-refractivity contribution in [3.05, 3.63) is 53.1 Å². The molecule has 0 fully saturated rings. The van der Waals surface area contributed by atoms with Gasteiger partial charge in [-0.05, 0) is 36.2 Å². The fraction of sp³-hybridized carbons (Fsp3) is 0.235. The number of guanidine groups is 1. The minimum Gasteiger partial charge on any atom is -0.493 e. The largest absolute Gasteiger partial charge is 0.493 e. The van der Waals surface area contributed by atoms with Gasteiger partial charge in [0.25, 0.3) is 10.0 Å². The van der Waals surface area contributed by atoms with Crippen LogP contribution in [0.5, 0.6) is 11.5 Å². The number of sulfonamides is 1. The molecule has 2 aromatic rings. The van der Waals surface area contributed by atoms with Crippen LogP contribution in [0.15, 0.2) is 52.4 Å². The zero-order valence-corrected chi connectivity index (χ0v) is 16.0. The molecule has 0 spiro atoms. The zero-order valence-electron chi connectivity index (χ0n) is 14.4. The van der Waals surface area contributed by atoms with Crippen LogP contribution in [0, 0.1) is 0 Å². The molecule has 0 bridgehead atoms. The van der Waals surface area contributed by atoms with Crippen LogP contribution in [-0.2, 0) is 16.4 Å². The summed E-state index contributed by atoms with van der Waals surface area (Å²) in [6.07, 6.45) is 0.607. The molecular weight excluding hydrogens is 378 g/mol. The molecule has 2 rings (SSSR count). The van der Waals surface area contributed by atoms with E-state index in [0.717, 1.165) is 5.56 Å². The number of ether oxygens (including phenoxy) is 2. The van der Waals surface area contributed by atoms with E-state index in [1.807, 2.05) is 12.1 Å². The van der Waals surface area contributed by atoms with Crippen LogP contribution in [0.1, 0.15) is 5.56 Å². The number of aliphatic imine (C=N–C) groups is 1. The Labute approximate surface area is 157 Å². The second-order valence-electron chi connectivity index (χ2n) is 5.27. The highest BCUT2D eigenvalue weighted by molar-refractivity contribution is 7.90. The average Bonchev–Trinajstić information content (AvgIpc) is 2.62. The first kappa shape index (κ1) is 19.9. The quantitative estimate of drug-likeness (QED) is 0.550. The lowest BCUT2D eigenvalue weighted by atomic mass is 10.1. The third-order valence-corrected chi connectivity index (χ3v) is 5.10. The number of halogens is 1. The second kappa shape index (κ2) is 8.77. The molecule has 26 heavy (non-hydrogen) atoms. The van der Waals surface area contributed by atoms with Gasteiger partial charge in [0.15, 0.2) is 11.5 Å². The number of nitrogens with zero attached hydrogens (tertiary/aromatic N) is 1. The number of nitrogens with one attached hydrogen (secondary N) is 1. The molecular formula is C17H20ClN3O4S. The Hall–Kier alpha value is -2.45. The van der Waals surface area contributed by atoms with Crippen LogP contribution < -0.4 is 19.9 Å². The number of nitrogens with two attached hydrogens (primary N) is 1. The molecule has 140 valence electrons. The molecule has 0 atom stereocenters. The highest BCUT2D eigenvalue weighted by Gasteiger charge is 2.17. The summed E-state index contributed by atoms with van der Waals surface area (Å²) in [5.41, 5.74) is 6.72. The summed E-state index contributed by atoms with van der Waals surface area (Å²) in [4.78, 5) is 4.04. The predicted molar refractivity (Wildman–Crippen MR) is 102 cm³/mol. The molecule has 0 radical (unpaired) electrons. The van der Waals surface area contributed by atoms with Crippen molar-refractivity contribution in [1.82, 2.24) is 4.72 Å². The molecule has 0 saturated heterocycles. The lowest BCUT2D eigenvalue weighted by Gasteiger charge is -2.11. The van der Waals surface area contributed by atoms with Gasteiger partial charge in [-0.2, -0.15) is 0 Å². The number of methoxy groups -OCH3 is 2. The highest BCUT2D eigenvalue weighted by Crippen LogP contribution is 2.29. The minimum absolute atomic E-state index is 0.00833. The predicted octanol–water partition coefficient (Wildman–Crippen LogP) is 2.19. The molecule has 7 nitrogen and oxygen atoms in total. The van der Waals surface area contributed by atoms with Crippen molar-refractivity contribution in [3.63, 3.8) is 0 Å². The van der Waals surface area contributed by atoms with E-state index in [2.05, 4.69) is 9.71 Å². The molecule has 0 aliphatic rings. The van der Waals surface area contributed by atoms with E-state index in [-0.39, 0.29) is 10.9 Å². The summed E-state index contributed by atoms with van der Waals surface area (Å²) >= 11 is 5.83. The molecule has 0 saturated carbocycles. The van der Waals surface area contributed by atoms with Gasteiger partial charge in [0.1, 0.15) is 0 Å². The Balaban J connectivity index is 2.04. The molecule has 0 amide bonds. The monoisotopic (exact) mass is 397 g/mol. The lowest BCUT2D eigenvalue weighted by molar-refractivity contribution is 0.354. The van der Waals surface area contributed by atoms with E-state index >= 15 is 0 Å². The first-order chi connectivity index (χ1) is 12.4. The van der Waals surface area contributed by atoms with Crippen molar-refractivity contribution in [2.24, 2.45) is 10.7 Å². The first-order valence-electron chi connectivity index (χ1n) is 7.65. The Bertz CT molecular complexity index is 883. The number of benzene rings is 2. The van der Waals surface area contributed by atoms with Crippen LogP contribution in [0.25, 0.3) is 0 Å². The standard InChI is InChI=1S/C17H20ClN3O4S/c1-24-15-8-7-14(11-16(15)25-2)26(22,23)21-17(19)20-10-9-12-3-5-13(18)6-4-12/h3-8,11H,9-10H2,1-2H3,(H3,19,20,21). The second-order valence-corrected chi connectivity index (χ2v) is 7.38. The maximum atomic E-state index is 12.4.